The summed E-state index contributed by atoms with van der Waals surface area (Å²) in [6.45, 7) is 5.76. The Hall–Kier alpha value is -2.85. The summed E-state index contributed by atoms with van der Waals surface area (Å²) in [6.07, 6.45) is 0.201. The van der Waals surface area contributed by atoms with E-state index < -0.39 is 25.1 Å². The average Bonchev–Trinajstić information content (AvgIpc) is 3.21. The summed E-state index contributed by atoms with van der Waals surface area (Å²) in [4.78, 5) is 4.60. The van der Waals surface area contributed by atoms with Crippen LogP contribution < -0.4 is 4.40 Å². The number of hydrogen-bond donors (Lipinski definition) is 0. The van der Waals surface area contributed by atoms with Gasteiger partial charge in [-0.25, -0.2) is 0 Å². The molecule has 0 saturated heterocycles. The molecule has 0 aliphatic heterocycles. The second-order valence-corrected chi connectivity index (χ2v) is 21.8. The van der Waals surface area contributed by atoms with Crippen molar-refractivity contribution < 1.29 is 7.16 Å². The summed E-state index contributed by atoms with van der Waals surface area (Å²) >= 11 is -1.85. The first-order valence-corrected chi connectivity index (χ1v) is 19.2. The summed E-state index contributed by atoms with van der Waals surface area (Å²) < 4.78 is 25.3. The Kier molecular flexibility index (Phi) is 5.08. The van der Waals surface area contributed by atoms with Gasteiger partial charge in [0.1, 0.15) is 0 Å². The van der Waals surface area contributed by atoms with Gasteiger partial charge in [0.25, 0.3) is 0 Å². The summed E-state index contributed by atoms with van der Waals surface area (Å²) in [6, 6.07) is 25.2. The van der Waals surface area contributed by atoms with E-state index in [0.29, 0.717) is 11.3 Å². The number of para-hydroxylation sites is 1. The SMILES string of the molecule is [2H]C([2H])(c1ccnc(-c2cccc3c2oc2cc(-c4cc[c]([Ge]([CH3])([CH3])[CH3])cc4)ccc23)c1)C(C)(C)C. The number of fused-ring (bicyclic) bond motifs is 3. The zero-order chi connectivity index (χ0) is 25.9. The van der Waals surface area contributed by atoms with Crippen molar-refractivity contribution in [2.75, 3.05) is 0 Å². The Balaban J connectivity index is 1.60. The van der Waals surface area contributed by atoms with Crippen molar-refractivity contribution in [3.63, 3.8) is 0 Å². The van der Waals surface area contributed by atoms with Gasteiger partial charge in [-0.2, -0.15) is 0 Å². The quantitative estimate of drug-likeness (QED) is 0.227. The van der Waals surface area contributed by atoms with Gasteiger partial charge in [0.15, 0.2) is 0 Å². The molecule has 172 valence electrons. The normalized spacial score (nSPS) is 13.8. The third kappa shape index (κ3) is 4.56. The zero-order valence-electron chi connectivity index (χ0n) is 22.9. The van der Waals surface area contributed by atoms with Gasteiger partial charge in [-0.1, -0.05) is 20.8 Å². The van der Waals surface area contributed by atoms with Gasteiger partial charge < -0.3 is 0 Å². The second-order valence-electron chi connectivity index (χ2n) is 11.1. The third-order valence-corrected chi connectivity index (χ3v) is 10.5. The topological polar surface area (TPSA) is 26.0 Å². The molecule has 5 aromatic rings. The molecule has 0 aliphatic carbocycles. The maximum absolute atomic E-state index is 8.70. The molecule has 5 rings (SSSR count). The molecule has 0 unspecified atom stereocenters. The first-order chi connectivity index (χ1) is 16.9. The van der Waals surface area contributed by atoms with E-state index in [1.165, 1.54) is 9.96 Å². The van der Waals surface area contributed by atoms with Crippen LogP contribution in [-0.2, 0) is 6.37 Å². The molecule has 0 atom stereocenters. The van der Waals surface area contributed by atoms with E-state index in [9.17, 15) is 0 Å². The molecule has 0 aliphatic rings. The average molecular weight is 510 g/mol. The van der Waals surface area contributed by atoms with Crippen molar-refractivity contribution in [1.82, 2.24) is 4.98 Å². The maximum atomic E-state index is 8.70. The molecule has 0 saturated carbocycles. The van der Waals surface area contributed by atoms with E-state index >= 15 is 0 Å². The molecule has 0 N–H and O–H groups in total. The number of hydrogen-bond acceptors (Lipinski definition) is 2. The van der Waals surface area contributed by atoms with Crippen LogP contribution in [-0.4, -0.2) is 18.3 Å². The Labute approximate surface area is 208 Å². The molecule has 34 heavy (non-hydrogen) atoms. The monoisotopic (exact) mass is 511 g/mol. The van der Waals surface area contributed by atoms with Crippen LogP contribution in [0.15, 0.2) is 83.4 Å². The fourth-order valence-electron chi connectivity index (χ4n) is 4.43. The van der Waals surface area contributed by atoms with Gasteiger partial charge in [-0.05, 0) is 23.4 Å². The molecule has 0 fully saturated rings. The van der Waals surface area contributed by atoms with E-state index in [0.717, 1.165) is 33.1 Å². The van der Waals surface area contributed by atoms with Crippen LogP contribution in [0.2, 0.25) is 17.3 Å². The van der Waals surface area contributed by atoms with Crippen molar-refractivity contribution in [2.45, 2.75) is 44.4 Å². The molecule has 2 nitrogen and oxygen atoms in total. The number of benzene rings is 3. The van der Waals surface area contributed by atoms with E-state index in [1.54, 1.807) is 12.3 Å². The molecule has 0 radical (unpaired) electrons. The van der Waals surface area contributed by atoms with Gasteiger partial charge in [0, 0.05) is 8.94 Å². The van der Waals surface area contributed by atoms with Crippen LogP contribution in [0, 0.1) is 5.41 Å². The number of furan rings is 1. The summed E-state index contributed by atoms with van der Waals surface area (Å²) in [5.74, 6) is 7.23. The molecule has 0 amide bonds. The van der Waals surface area contributed by atoms with Gasteiger partial charge in [-0.15, -0.1) is 0 Å². The van der Waals surface area contributed by atoms with Gasteiger partial charge in [-0.3, -0.25) is 0 Å². The van der Waals surface area contributed by atoms with Crippen molar-refractivity contribution in [1.29, 1.82) is 0 Å². The Bertz CT molecular complexity index is 1570. The number of nitrogens with zero attached hydrogens (tertiary/aromatic N) is 1. The van der Waals surface area contributed by atoms with E-state index in [2.05, 4.69) is 70.8 Å². The van der Waals surface area contributed by atoms with Crippen LogP contribution in [0.5, 0.6) is 0 Å². The Morgan fingerprint density at radius 2 is 1.59 bits per heavy atom. The summed E-state index contributed by atoms with van der Waals surface area (Å²) in [5.41, 5.74) is 5.61. The predicted octanol–water partition coefficient (Wildman–Crippen LogP) is 8.45. The number of pyridine rings is 1. The van der Waals surface area contributed by atoms with Crippen molar-refractivity contribution in [3.8, 4) is 22.4 Å². The molecule has 0 bridgehead atoms. The minimum atomic E-state index is -1.85. The van der Waals surface area contributed by atoms with Crippen LogP contribution in [0.25, 0.3) is 44.3 Å². The smallest absolute Gasteiger partial charge is 0.0599 e. The van der Waals surface area contributed by atoms with E-state index in [-0.39, 0.29) is 0 Å². The van der Waals surface area contributed by atoms with E-state index in [4.69, 9.17) is 7.16 Å². The van der Waals surface area contributed by atoms with Crippen molar-refractivity contribution in [2.24, 2.45) is 5.41 Å². The first kappa shape index (κ1) is 20.5. The number of aromatic nitrogens is 1. The van der Waals surface area contributed by atoms with Gasteiger partial charge >= 0.3 is 155 Å². The number of rotatable bonds is 4. The Morgan fingerprint density at radius 1 is 0.853 bits per heavy atom. The zero-order valence-corrected chi connectivity index (χ0v) is 23.0. The van der Waals surface area contributed by atoms with Crippen LogP contribution in [0.4, 0.5) is 0 Å². The third-order valence-electron chi connectivity index (χ3n) is 6.14. The fraction of sp³-hybridized carbons (Fsp3) is 0.258. The molecular weight excluding hydrogens is 475 g/mol. The van der Waals surface area contributed by atoms with Crippen LogP contribution in [0.1, 0.15) is 29.1 Å². The molecule has 0 spiro atoms. The summed E-state index contributed by atoms with van der Waals surface area (Å²) in [7, 11) is 0. The molecule has 2 aromatic heterocycles. The summed E-state index contributed by atoms with van der Waals surface area (Å²) in [5, 5.41) is 2.11. The van der Waals surface area contributed by atoms with Gasteiger partial charge in [0.2, 0.25) is 0 Å². The van der Waals surface area contributed by atoms with Crippen LogP contribution >= 0.6 is 0 Å². The first-order valence-electron chi connectivity index (χ1n) is 12.9. The molecule has 2 heterocycles. The molecule has 3 aromatic carbocycles. The molecular formula is C31H33GeNO. The second kappa shape index (κ2) is 8.42. The van der Waals surface area contributed by atoms with Crippen molar-refractivity contribution >= 4 is 39.6 Å². The fourth-order valence-corrected chi connectivity index (χ4v) is 6.88. The minimum absolute atomic E-state index is 0.540. The predicted molar refractivity (Wildman–Crippen MR) is 149 cm³/mol. The standard InChI is InChI=1S/C31H33GeNO/c1-31(2,3)20-21-16-17-33-28(18-21)27-9-7-8-26-25-15-12-23(19-29(25)34-30(26)27)22-10-13-24(14-11-22)32(4,5)6/h7-19H,20H2,1-6H3/i20D2. The van der Waals surface area contributed by atoms with Gasteiger partial charge in [0.05, 0.1) is 0 Å². The van der Waals surface area contributed by atoms with Crippen LogP contribution in [0.3, 0.4) is 0 Å². The minimum Gasteiger partial charge on any atom is -0.0599 e. The van der Waals surface area contributed by atoms with Crippen molar-refractivity contribution in [3.05, 3.63) is 84.6 Å². The van der Waals surface area contributed by atoms with E-state index in [1.807, 2.05) is 39.0 Å². The Morgan fingerprint density at radius 3 is 2.29 bits per heavy atom. The molecule has 3 heteroatoms.